The smallest absolute Gasteiger partial charge is 0.125 e. The molecule has 1 N–H and O–H groups in total. The molecule has 2 aromatic carbocycles. The highest BCUT2D eigenvalue weighted by Crippen LogP contribution is 2.27. The van der Waals surface area contributed by atoms with Gasteiger partial charge in [-0.25, -0.2) is 4.39 Å². The molecule has 0 aliphatic heterocycles. The van der Waals surface area contributed by atoms with Gasteiger partial charge < -0.3 is 10.2 Å². The first-order chi connectivity index (χ1) is 8.16. The van der Waals surface area contributed by atoms with Crippen LogP contribution in [0.25, 0.3) is 0 Å². The Morgan fingerprint density at radius 1 is 1.00 bits per heavy atom. The van der Waals surface area contributed by atoms with Gasteiger partial charge in [0.25, 0.3) is 0 Å². The predicted molar refractivity (Wildman–Crippen MR) is 70.5 cm³/mol. The first-order valence-corrected chi connectivity index (χ1v) is 5.46. The fourth-order valence-electron chi connectivity index (χ4n) is 1.69. The predicted octanol–water partition coefficient (Wildman–Crippen LogP) is 3.64. The third-order valence-electron chi connectivity index (χ3n) is 2.49. The van der Waals surface area contributed by atoms with E-state index in [1.165, 1.54) is 12.1 Å². The highest BCUT2D eigenvalue weighted by atomic mass is 19.1. The highest BCUT2D eigenvalue weighted by molar-refractivity contribution is 5.74. The van der Waals surface area contributed by atoms with Gasteiger partial charge in [0, 0.05) is 19.8 Å². The Bertz CT molecular complexity index is 509. The Morgan fingerprint density at radius 2 is 1.76 bits per heavy atom. The third-order valence-corrected chi connectivity index (χ3v) is 2.49. The van der Waals surface area contributed by atoms with Gasteiger partial charge in [0.1, 0.15) is 5.82 Å². The summed E-state index contributed by atoms with van der Waals surface area (Å²) < 4.78 is 13.1. The van der Waals surface area contributed by atoms with Gasteiger partial charge in [-0.15, -0.1) is 0 Å². The lowest BCUT2D eigenvalue weighted by Gasteiger charge is -2.18. The van der Waals surface area contributed by atoms with Crippen LogP contribution in [0, 0.1) is 5.82 Å². The van der Waals surface area contributed by atoms with Crippen molar-refractivity contribution in [3.05, 3.63) is 54.3 Å². The molecule has 88 valence electrons. The van der Waals surface area contributed by atoms with Crippen LogP contribution >= 0.6 is 0 Å². The first kappa shape index (κ1) is 11.5. The highest BCUT2D eigenvalue weighted by Gasteiger charge is 2.03. The van der Waals surface area contributed by atoms with Crippen LogP contribution in [0.2, 0.25) is 0 Å². The van der Waals surface area contributed by atoms with E-state index in [-0.39, 0.29) is 5.82 Å². The van der Waals surface area contributed by atoms with E-state index >= 15 is 0 Å². The molecule has 0 radical (unpaired) electrons. The van der Waals surface area contributed by atoms with Crippen LogP contribution in [-0.2, 0) is 0 Å². The van der Waals surface area contributed by atoms with Crippen molar-refractivity contribution < 1.29 is 4.39 Å². The summed E-state index contributed by atoms with van der Waals surface area (Å²) in [5.74, 6) is -0.239. The normalized spacial score (nSPS) is 10.1. The Balaban J connectivity index is 2.30. The maximum atomic E-state index is 13.1. The largest absolute Gasteiger partial charge is 0.376 e. The van der Waals surface area contributed by atoms with Crippen molar-refractivity contribution >= 4 is 17.1 Å². The average Bonchev–Trinajstić information content (AvgIpc) is 2.29. The average molecular weight is 230 g/mol. The molecule has 0 amide bonds. The van der Waals surface area contributed by atoms with Gasteiger partial charge in [0.2, 0.25) is 0 Å². The zero-order chi connectivity index (χ0) is 12.3. The van der Waals surface area contributed by atoms with Crippen LogP contribution in [0.5, 0.6) is 0 Å². The monoisotopic (exact) mass is 230 g/mol. The molecule has 0 aliphatic rings. The molecule has 0 fully saturated rings. The zero-order valence-corrected chi connectivity index (χ0v) is 9.94. The summed E-state index contributed by atoms with van der Waals surface area (Å²) in [5.41, 5.74) is 2.78. The van der Waals surface area contributed by atoms with E-state index in [9.17, 15) is 4.39 Å². The molecule has 0 spiro atoms. The molecule has 0 saturated carbocycles. The van der Waals surface area contributed by atoms with Gasteiger partial charge in [0.15, 0.2) is 0 Å². The second-order valence-corrected chi connectivity index (χ2v) is 4.05. The SMILES string of the molecule is CN(C)c1ccccc1Nc1cccc(F)c1. The second-order valence-electron chi connectivity index (χ2n) is 4.05. The Kier molecular flexibility index (Phi) is 3.28. The molecule has 0 atom stereocenters. The van der Waals surface area contributed by atoms with Gasteiger partial charge in [-0.3, -0.25) is 0 Å². The summed E-state index contributed by atoms with van der Waals surface area (Å²) in [6, 6.07) is 14.4. The molecule has 0 heterocycles. The Hall–Kier alpha value is -2.03. The van der Waals surface area contributed by atoms with Crippen molar-refractivity contribution in [2.24, 2.45) is 0 Å². The minimum Gasteiger partial charge on any atom is -0.376 e. The fourth-order valence-corrected chi connectivity index (χ4v) is 1.69. The number of anilines is 3. The lowest BCUT2D eigenvalue weighted by Crippen LogP contribution is -2.10. The molecule has 2 nitrogen and oxygen atoms in total. The maximum Gasteiger partial charge on any atom is 0.125 e. The quantitative estimate of drug-likeness (QED) is 0.866. The number of nitrogens with one attached hydrogen (secondary N) is 1. The summed E-state index contributed by atoms with van der Waals surface area (Å²) in [4.78, 5) is 2.02. The van der Waals surface area contributed by atoms with E-state index in [2.05, 4.69) is 5.32 Å². The second kappa shape index (κ2) is 4.87. The summed E-state index contributed by atoms with van der Waals surface area (Å²) in [5, 5.41) is 3.21. The van der Waals surface area contributed by atoms with Crippen molar-refractivity contribution in [3.63, 3.8) is 0 Å². The molecule has 0 unspecified atom stereocenters. The van der Waals surface area contributed by atoms with Crippen molar-refractivity contribution in [1.82, 2.24) is 0 Å². The molecule has 17 heavy (non-hydrogen) atoms. The number of hydrogen-bond donors (Lipinski definition) is 1. The maximum absolute atomic E-state index is 13.1. The van der Waals surface area contributed by atoms with Crippen molar-refractivity contribution in [2.75, 3.05) is 24.3 Å². The molecular weight excluding hydrogens is 215 g/mol. The lowest BCUT2D eigenvalue weighted by molar-refractivity contribution is 0.628. The van der Waals surface area contributed by atoms with Crippen LogP contribution in [0.3, 0.4) is 0 Å². The minimum absolute atomic E-state index is 0.239. The molecule has 2 rings (SSSR count). The first-order valence-electron chi connectivity index (χ1n) is 5.46. The summed E-state index contributed by atoms with van der Waals surface area (Å²) in [7, 11) is 3.96. The summed E-state index contributed by atoms with van der Waals surface area (Å²) >= 11 is 0. The van der Waals surface area contributed by atoms with E-state index in [0.717, 1.165) is 17.1 Å². The van der Waals surface area contributed by atoms with Gasteiger partial charge in [-0.1, -0.05) is 18.2 Å². The molecule has 0 saturated heterocycles. The number of hydrogen-bond acceptors (Lipinski definition) is 2. The topological polar surface area (TPSA) is 15.3 Å². The number of nitrogens with zero attached hydrogens (tertiary/aromatic N) is 1. The van der Waals surface area contributed by atoms with E-state index in [1.807, 2.05) is 49.3 Å². The number of rotatable bonds is 3. The molecule has 0 aliphatic carbocycles. The molecule has 0 bridgehead atoms. The van der Waals surface area contributed by atoms with Gasteiger partial charge in [-0.05, 0) is 30.3 Å². The number of halogens is 1. The van der Waals surface area contributed by atoms with Crippen LogP contribution in [0.4, 0.5) is 21.5 Å². The molecule has 0 aromatic heterocycles. The molecular formula is C14H15FN2. The van der Waals surface area contributed by atoms with Crippen LogP contribution in [0.1, 0.15) is 0 Å². The number of benzene rings is 2. The van der Waals surface area contributed by atoms with Gasteiger partial charge >= 0.3 is 0 Å². The van der Waals surface area contributed by atoms with Crippen molar-refractivity contribution in [2.45, 2.75) is 0 Å². The van der Waals surface area contributed by atoms with E-state index in [0.29, 0.717) is 0 Å². The Morgan fingerprint density at radius 3 is 2.47 bits per heavy atom. The summed E-state index contributed by atoms with van der Waals surface area (Å²) in [6.07, 6.45) is 0. The van der Waals surface area contributed by atoms with E-state index < -0.39 is 0 Å². The Labute approximate surface area is 101 Å². The fraction of sp³-hybridized carbons (Fsp3) is 0.143. The summed E-state index contributed by atoms with van der Waals surface area (Å²) in [6.45, 7) is 0. The van der Waals surface area contributed by atoms with Crippen LogP contribution in [0.15, 0.2) is 48.5 Å². The standard InChI is InChI=1S/C14H15FN2/c1-17(2)14-9-4-3-8-13(14)16-12-7-5-6-11(15)10-12/h3-10,16H,1-2H3. The van der Waals surface area contributed by atoms with Crippen molar-refractivity contribution in [1.29, 1.82) is 0 Å². The zero-order valence-electron chi connectivity index (χ0n) is 9.94. The van der Waals surface area contributed by atoms with Crippen LogP contribution in [-0.4, -0.2) is 14.1 Å². The minimum atomic E-state index is -0.239. The third kappa shape index (κ3) is 2.75. The molecule has 3 heteroatoms. The number of para-hydroxylation sites is 2. The van der Waals surface area contributed by atoms with Crippen molar-refractivity contribution in [3.8, 4) is 0 Å². The van der Waals surface area contributed by atoms with E-state index in [4.69, 9.17) is 0 Å². The molecule has 2 aromatic rings. The lowest BCUT2D eigenvalue weighted by atomic mass is 10.2. The van der Waals surface area contributed by atoms with Gasteiger partial charge in [-0.2, -0.15) is 0 Å². The van der Waals surface area contributed by atoms with E-state index in [1.54, 1.807) is 6.07 Å². The van der Waals surface area contributed by atoms with Gasteiger partial charge in [0.05, 0.1) is 11.4 Å². The van der Waals surface area contributed by atoms with Crippen LogP contribution < -0.4 is 10.2 Å².